The molecular weight excluding hydrogens is 396 g/mol. The lowest BCUT2D eigenvalue weighted by atomic mass is 9.81. The summed E-state index contributed by atoms with van der Waals surface area (Å²) in [4.78, 5) is 25.4. The first kappa shape index (κ1) is 22.4. The number of hydrogen-bond acceptors (Lipinski definition) is 4. The van der Waals surface area contributed by atoms with E-state index in [4.69, 9.17) is 5.73 Å². The van der Waals surface area contributed by atoms with Crippen LogP contribution >= 0.6 is 12.6 Å². The Morgan fingerprint density at radius 1 is 1.07 bits per heavy atom. The zero-order chi connectivity index (χ0) is 21.5. The predicted octanol–water partition coefficient (Wildman–Crippen LogP) is 3.63. The Labute approximate surface area is 183 Å². The summed E-state index contributed by atoms with van der Waals surface area (Å²) < 4.78 is 0. The molecule has 2 aromatic carbocycles. The van der Waals surface area contributed by atoms with E-state index in [0.717, 1.165) is 32.1 Å². The number of nitrogens with two attached hydrogens (primary N) is 1. The molecule has 5 nitrogen and oxygen atoms in total. The summed E-state index contributed by atoms with van der Waals surface area (Å²) in [5, 5.41) is 9.29. The van der Waals surface area contributed by atoms with Crippen molar-refractivity contribution in [2.75, 3.05) is 12.3 Å². The van der Waals surface area contributed by atoms with Gasteiger partial charge in [0, 0.05) is 11.8 Å². The minimum atomic E-state index is -1.01. The number of aliphatic carboxylic acids is 1. The summed E-state index contributed by atoms with van der Waals surface area (Å²) in [6, 6.07) is 18.1. The highest BCUT2D eigenvalue weighted by atomic mass is 32.1. The lowest BCUT2D eigenvalue weighted by Gasteiger charge is -2.38. The number of amides is 1. The number of benzene rings is 2. The van der Waals surface area contributed by atoms with E-state index in [1.807, 2.05) is 18.2 Å². The van der Waals surface area contributed by atoms with Crippen molar-refractivity contribution < 1.29 is 14.7 Å². The molecule has 6 heteroatoms. The molecule has 0 saturated heterocycles. The lowest BCUT2D eigenvalue weighted by molar-refractivity contribution is -0.147. The molecule has 0 spiro atoms. The van der Waals surface area contributed by atoms with E-state index in [9.17, 15) is 14.7 Å². The Kier molecular flexibility index (Phi) is 7.94. The summed E-state index contributed by atoms with van der Waals surface area (Å²) >= 11 is 4.10. The van der Waals surface area contributed by atoms with Crippen LogP contribution in [0.25, 0.3) is 11.1 Å². The number of carboxylic acids is 1. The zero-order valence-corrected chi connectivity index (χ0v) is 18.0. The molecule has 0 bridgehead atoms. The predicted molar refractivity (Wildman–Crippen MR) is 123 cm³/mol. The summed E-state index contributed by atoms with van der Waals surface area (Å²) in [5.74, 6) is -0.694. The van der Waals surface area contributed by atoms with Crippen LogP contribution in [0.2, 0.25) is 0 Å². The lowest BCUT2D eigenvalue weighted by Crippen LogP contribution is -2.52. The quantitative estimate of drug-likeness (QED) is 0.563. The third kappa shape index (κ3) is 5.86. The number of carbonyl (C=O) groups is 2. The number of hydrogen-bond donors (Lipinski definition) is 3. The monoisotopic (exact) mass is 426 g/mol. The second-order valence-electron chi connectivity index (χ2n) is 8.10. The highest BCUT2D eigenvalue weighted by molar-refractivity contribution is 7.80. The average Bonchev–Trinajstić information content (AvgIpc) is 2.77. The first-order valence-electron chi connectivity index (χ1n) is 10.5. The standard InChI is InChI=1S/C24H30N2O3S/c25-22(16-30)24(29)26(15-23(27)28)21-8-4-5-18(14-21)13-17-9-11-20(12-10-17)19-6-2-1-3-7-19/h1-3,6-7,9-12,18,21-22,30H,4-5,8,13-16,25H2,(H,27,28)/t18?,21?,22-/m0/s1. The van der Waals surface area contributed by atoms with Crippen molar-refractivity contribution in [2.24, 2.45) is 11.7 Å². The summed E-state index contributed by atoms with van der Waals surface area (Å²) in [5.41, 5.74) is 9.52. The SMILES string of the molecule is N[C@@H](CS)C(=O)N(CC(=O)O)C1CCCC(Cc2ccc(-c3ccccc3)cc2)C1. The zero-order valence-electron chi connectivity index (χ0n) is 17.1. The molecule has 1 saturated carbocycles. The molecular formula is C24H30N2O3S. The molecule has 30 heavy (non-hydrogen) atoms. The molecule has 2 unspecified atom stereocenters. The van der Waals surface area contributed by atoms with Gasteiger partial charge in [0.1, 0.15) is 6.54 Å². The van der Waals surface area contributed by atoms with Crippen molar-refractivity contribution in [1.82, 2.24) is 4.90 Å². The minimum absolute atomic E-state index is 0.0816. The van der Waals surface area contributed by atoms with E-state index in [1.54, 1.807) is 0 Å². The fraction of sp³-hybridized carbons (Fsp3) is 0.417. The number of rotatable bonds is 8. The normalized spacial score (nSPS) is 19.8. The Bertz CT molecular complexity index is 841. The van der Waals surface area contributed by atoms with Crippen LogP contribution in [0.15, 0.2) is 54.6 Å². The molecule has 0 radical (unpaired) electrons. The van der Waals surface area contributed by atoms with E-state index >= 15 is 0 Å². The van der Waals surface area contributed by atoms with Crippen LogP contribution in [0.3, 0.4) is 0 Å². The second-order valence-corrected chi connectivity index (χ2v) is 8.47. The Hall–Kier alpha value is -2.31. The van der Waals surface area contributed by atoms with Crippen LogP contribution in [0.1, 0.15) is 31.2 Å². The van der Waals surface area contributed by atoms with E-state index in [1.165, 1.54) is 21.6 Å². The summed E-state index contributed by atoms with van der Waals surface area (Å²) in [6.45, 7) is -0.302. The van der Waals surface area contributed by atoms with Gasteiger partial charge < -0.3 is 15.7 Å². The topological polar surface area (TPSA) is 83.6 Å². The highest BCUT2D eigenvalue weighted by Crippen LogP contribution is 2.31. The molecule has 1 fully saturated rings. The Morgan fingerprint density at radius 2 is 1.73 bits per heavy atom. The van der Waals surface area contributed by atoms with E-state index in [-0.39, 0.29) is 24.2 Å². The van der Waals surface area contributed by atoms with Gasteiger partial charge in [0.15, 0.2) is 0 Å². The van der Waals surface area contributed by atoms with Crippen molar-refractivity contribution in [3.8, 4) is 11.1 Å². The van der Waals surface area contributed by atoms with Crippen molar-refractivity contribution in [3.05, 3.63) is 60.2 Å². The summed E-state index contributed by atoms with van der Waals surface area (Å²) in [7, 11) is 0. The first-order valence-corrected chi connectivity index (χ1v) is 11.1. The molecule has 1 aliphatic carbocycles. The number of nitrogens with zero attached hydrogens (tertiary/aromatic N) is 1. The van der Waals surface area contributed by atoms with Gasteiger partial charge in [-0.05, 0) is 48.3 Å². The fourth-order valence-corrected chi connectivity index (χ4v) is 4.51. The molecule has 2 aromatic rings. The third-order valence-corrected chi connectivity index (χ3v) is 6.28. The molecule has 160 valence electrons. The molecule has 3 rings (SSSR count). The van der Waals surface area contributed by atoms with Gasteiger partial charge in [0.05, 0.1) is 6.04 Å². The smallest absolute Gasteiger partial charge is 0.323 e. The Morgan fingerprint density at radius 3 is 2.37 bits per heavy atom. The van der Waals surface area contributed by atoms with Gasteiger partial charge in [-0.15, -0.1) is 0 Å². The molecule has 1 aliphatic rings. The molecule has 1 amide bonds. The van der Waals surface area contributed by atoms with Crippen LogP contribution in [-0.2, 0) is 16.0 Å². The maximum atomic E-state index is 12.6. The van der Waals surface area contributed by atoms with E-state index in [0.29, 0.717) is 5.92 Å². The number of carboxylic acid groups (broad SMARTS) is 1. The van der Waals surface area contributed by atoms with Crippen LogP contribution in [0, 0.1) is 5.92 Å². The van der Waals surface area contributed by atoms with E-state index in [2.05, 4.69) is 49.0 Å². The molecule has 3 N–H and O–H groups in total. The molecule has 0 heterocycles. The summed E-state index contributed by atoms with van der Waals surface area (Å²) in [6.07, 6.45) is 4.63. The maximum absolute atomic E-state index is 12.6. The number of carbonyl (C=O) groups excluding carboxylic acids is 1. The maximum Gasteiger partial charge on any atom is 0.323 e. The Balaban J connectivity index is 1.66. The van der Waals surface area contributed by atoms with Gasteiger partial charge in [0.25, 0.3) is 0 Å². The number of thiol groups is 1. The van der Waals surface area contributed by atoms with Crippen LogP contribution in [0.4, 0.5) is 0 Å². The van der Waals surface area contributed by atoms with Crippen LogP contribution in [0.5, 0.6) is 0 Å². The van der Waals surface area contributed by atoms with Gasteiger partial charge in [-0.2, -0.15) is 12.6 Å². The first-order chi connectivity index (χ1) is 14.5. The van der Waals surface area contributed by atoms with Gasteiger partial charge in [-0.1, -0.05) is 61.0 Å². The molecule has 0 aliphatic heterocycles. The van der Waals surface area contributed by atoms with Crippen LogP contribution in [-0.4, -0.2) is 46.3 Å². The van der Waals surface area contributed by atoms with Crippen molar-refractivity contribution in [2.45, 2.75) is 44.2 Å². The van der Waals surface area contributed by atoms with E-state index < -0.39 is 12.0 Å². The average molecular weight is 427 g/mol. The van der Waals surface area contributed by atoms with Crippen molar-refractivity contribution >= 4 is 24.5 Å². The largest absolute Gasteiger partial charge is 0.480 e. The molecule has 0 aromatic heterocycles. The highest BCUT2D eigenvalue weighted by Gasteiger charge is 2.32. The third-order valence-electron chi connectivity index (χ3n) is 5.88. The van der Waals surface area contributed by atoms with Gasteiger partial charge in [-0.25, -0.2) is 0 Å². The van der Waals surface area contributed by atoms with Gasteiger partial charge in [-0.3, -0.25) is 9.59 Å². The van der Waals surface area contributed by atoms with Crippen molar-refractivity contribution in [3.63, 3.8) is 0 Å². The molecule has 3 atom stereocenters. The van der Waals surface area contributed by atoms with Crippen molar-refractivity contribution in [1.29, 1.82) is 0 Å². The minimum Gasteiger partial charge on any atom is -0.480 e. The van der Waals surface area contributed by atoms with Crippen LogP contribution < -0.4 is 5.73 Å². The van der Waals surface area contributed by atoms with Gasteiger partial charge in [0.2, 0.25) is 5.91 Å². The second kappa shape index (κ2) is 10.6. The fourth-order valence-electron chi connectivity index (χ4n) is 4.35. The van der Waals surface area contributed by atoms with Gasteiger partial charge >= 0.3 is 5.97 Å².